The van der Waals surface area contributed by atoms with Gasteiger partial charge in [-0.2, -0.15) is 5.10 Å². The van der Waals surface area contributed by atoms with E-state index in [4.69, 9.17) is 4.98 Å². The van der Waals surface area contributed by atoms with Crippen molar-refractivity contribution in [3.63, 3.8) is 0 Å². The molecule has 146 valence electrons. The second-order valence-electron chi connectivity index (χ2n) is 7.15. The molecule has 0 N–H and O–H groups in total. The Bertz CT molecular complexity index is 1200. The van der Waals surface area contributed by atoms with Crippen LogP contribution >= 0.6 is 15.9 Å². The molecule has 0 atom stereocenters. The van der Waals surface area contributed by atoms with E-state index in [2.05, 4.69) is 21.0 Å². The number of fused-ring (bicyclic) bond motifs is 1. The summed E-state index contributed by atoms with van der Waals surface area (Å²) in [6.07, 6.45) is -0.808. The first-order valence-corrected chi connectivity index (χ1v) is 10.0. The lowest BCUT2D eigenvalue weighted by Crippen LogP contribution is -2.00. The number of nitrogens with zero attached hydrogens (tertiary/aromatic N) is 3. The highest BCUT2D eigenvalue weighted by molar-refractivity contribution is 9.10. The summed E-state index contributed by atoms with van der Waals surface area (Å²) in [5.74, 6) is -0.207. The Labute approximate surface area is 173 Å². The number of halogens is 4. The molecule has 29 heavy (non-hydrogen) atoms. The van der Waals surface area contributed by atoms with Gasteiger partial charge in [0.05, 0.1) is 22.5 Å². The number of benzene rings is 2. The highest BCUT2D eigenvalue weighted by atomic mass is 79.9. The Kier molecular flexibility index (Phi) is 4.42. The standard InChI is InChI=1S/C22H15BrF3N3/c23-14-5-3-12(4-6-14)18-11-17(21(25)26)19-20(13-1-2-13)28-29(22(19)27-18)16-9-7-15(24)8-10-16/h3-11,13,21H,1-2H2. The quantitative estimate of drug-likeness (QED) is 0.337. The van der Waals surface area contributed by atoms with Crippen LogP contribution in [0, 0.1) is 5.82 Å². The van der Waals surface area contributed by atoms with Crippen LogP contribution < -0.4 is 0 Å². The number of pyridine rings is 1. The van der Waals surface area contributed by atoms with Crippen molar-refractivity contribution in [3.8, 4) is 16.9 Å². The summed E-state index contributed by atoms with van der Waals surface area (Å²) < 4.78 is 44.0. The molecule has 1 aliphatic carbocycles. The summed E-state index contributed by atoms with van der Waals surface area (Å²) in [6, 6.07) is 14.6. The molecule has 0 bridgehead atoms. The predicted octanol–water partition coefficient (Wildman–Crippen LogP) is 6.80. The second-order valence-corrected chi connectivity index (χ2v) is 8.07. The van der Waals surface area contributed by atoms with Crippen molar-refractivity contribution in [1.82, 2.24) is 14.8 Å². The third-order valence-electron chi connectivity index (χ3n) is 5.11. The Hall–Kier alpha value is -2.67. The van der Waals surface area contributed by atoms with E-state index in [1.807, 2.05) is 24.3 Å². The Morgan fingerprint density at radius 1 is 1.00 bits per heavy atom. The van der Waals surface area contributed by atoms with Gasteiger partial charge in [0.1, 0.15) is 5.82 Å². The molecule has 1 fully saturated rings. The van der Waals surface area contributed by atoms with Crippen LogP contribution in [0.4, 0.5) is 13.2 Å². The van der Waals surface area contributed by atoms with Gasteiger partial charge in [0, 0.05) is 21.5 Å². The van der Waals surface area contributed by atoms with Gasteiger partial charge in [-0.3, -0.25) is 0 Å². The highest BCUT2D eigenvalue weighted by Gasteiger charge is 2.33. The molecule has 2 heterocycles. The first kappa shape index (κ1) is 18.4. The zero-order valence-electron chi connectivity index (χ0n) is 15.1. The fraction of sp³-hybridized carbons (Fsp3) is 0.182. The first-order valence-electron chi connectivity index (χ1n) is 9.25. The maximum Gasteiger partial charge on any atom is 0.264 e. The third kappa shape index (κ3) is 3.33. The van der Waals surface area contributed by atoms with Gasteiger partial charge < -0.3 is 0 Å². The van der Waals surface area contributed by atoms with E-state index in [0.717, 1.165) is 22.9 Å². The average molecular weight is 458 g/mol. The number of aromatic nitrogens is 3. The van der Waals surface area contributed by atoms with Crippen molar-refractivity contribution in [2.75, 3.05) is 0 Å². The van der Waals surface area contributed by atoms with E-state index < -0.39 is 6.43 Å². The fourth-order valence-electron chi connectivity index (χ4n) is 3.52. The summed E-state index contributed by atoms with van der Waals surface area (Å²) >= 11 is 3.38. The van der Waals surface area contributed by atoms with Crippen molar-refractivity contribution >= 4 is 27.0 Å². The van der Waals surface area contributed by atoms with Crippen LogP contribution in [0.25, 0.3) is 28.0 Å². The maximum atomic E-state index is 14.1. The zero-order valence-corrected chi connectivity index (χ0v) is 16.7. The molecule has 1 aliphatic rings. The summed E-state index contributed by atoms with van der Waals surface area (Å²) in [5.41, 5.74) is 2.72. The largest absolute Gasteiger partial charge is 0.264 e. The molecule has 3 nitrogen and oxygen atoms in total. The van der Waals surface area contributed by atoms with E-state index in [0.29, 0.717) is 28.1 Å². The molecule has 4 aromatic rings. The number of rotatable bonds is 4. The smallest absolute Gasteiger partial charge is 0.228 e. The van der Waals surface area contributed by atoms with E-state index in [-0.39, 0.29) is 17.3 Å². The molecule has 5 rings (SSSR count). The summed E-state index contributed by atoms with van der Waals surface area (Å²) in [7, 11) is 0. The van der Waals surface area contributed by atoms with Crippen molar-refractivity contribution < 1.29 is 13.2 Å². The summed E-state index contributed by atoms with van der Waals surface area (Å²) in [4.78, 5) is 4.71. The molecule has 2 aromatic carbocycles. The second kappa shape index (κ2) is 6.99. The molecule has 0 unspecified atom stereocenters. The molecule has 7 heteroatoms. The van der Waals surface area contributed by atoms with Crippen LogP contribution in [0.1, 0.15) is 36.4 Å². The van der Waals surface area contributed by atoms with Crippen molar-refractivity contribution in [2.24, 2.45) is 0 Å². The van der Waals surface area contributed by atoms with Crippen molar-refractivity contribution in [2.45, 2.75) is 25.2 Å². The van der Waals surface area contributed by atoms with Gasteiger partial charge in [0.2, 0.25) is 0 Å². The van der Waals surface area contributed by atoms with Gasteiger partial charge in [-0.15, -0.1) is 0 Å². The topological polar surface area (TPSA) is 30.7 Å². The van der Waals surface area contributed by atoms with Gasteiger partial charge in [-0.05, 0) is 55.3 Å². The van der Waals surface area contributed by atoms with Gasteiger partial charge in [0.25, 0.3) is 6.43 Å². The van der Waals surface area contributed by atoms with E-state index in [1.54, 1.807) is 16.8 Å². The summed E-state index contributed by atoms with van der Waals surface area (Å²) in [5, 5.41) is 5.04. The minimum Gasteiger partial charge on any atom is -0.228 e. The Balaban J connectivity index is 1.80. The number of alkyl halides is 2. The van der Waals surface area contributed by atoms with Crippen LogP contribution in [-0.4, -0.2) is 14.8 Å². The van der Waals surface area contributed by atoms with Crippen LogP contribution in [0.3, 0.4) is 0 Å². The minimum absolute atomic E-state index is 0.0665. The van der Waals surface area contributed by atoms with Crippen molar-refractivity contribution in [1.29, 1.82) is 0 Å². The minimum atomic E-state index is -2.65. The average Bonchev–Trinajstić information content (AvgIpc) is 3.49. The molecule has 2 aromatic heterocycles. The van der Waals surface area contributed by atoms with Crippen LogP contribution in [0.5, 0.6) is 0 Å². The van der Waals surface area contributed by atoms with E-state index >= 15 is 0 Å². The lowest BCUT2D eigenvalue weighted by atomic mass is 10.0. The maximum absolute atomic E-state index is 14.1. The molecule has 0 radical (unpaired) electrons. The van der Waals surface area contributed by atoms with Crippen molar-refractivity contribution in [3.05, 3.63) is 76.1 Å². The Morgan fingerprint density at radius 2 is 1.69 bits per heavy atom. The first-order chi connectivity index (χ1) is 14.0. The fourth-order valence-corrected chi connectivity index (χ4v) is 3.78. The monoisotopic (exact) mass is 457 g/mol. The SMILES string of the molecule is Fc1ccc(-n2nc(C3CC3)c3c(C(F)F)cc(-c4ccc(Br)cc4)nc32)cc1. The van der Waals surface area contributed by atoms with Crippen LogP contribution in [-0.2, 0) is 0 Å². The van der Waals surface area contributed by atoms with E-state index in [9.17, 15) is 13.2 Å². The van der Waals surface area contributed by atoms with Gasteiger partial charge in [0.15, 0.2) is 5.65 Å². The number of hydrogen-bond donors (Lipinski definition) is 0. The summed E-state index contributed by atoms with van der Waals surface area (Å²) in [6.45, 7) is 0. The van der Waals surface area contributed by atoms with Gasteiger partial charge >= 0.3 is 0 Å². The lowest BCUT2D eigenvalue weighted by molar-refractivity contribution is 0.153. The molecular formula is C22H15BrF3N3. The normalized spacial score (nSPS) is 14.1. The molecule has 0 amide bonds. The highest BCUT2D eigenvalue weighted by Crippen LogP contribution is 2.45. The van der Waals surface area contributed by atoms with E-state index in [1.165, 1.54) is 18.2 Å². The Morgan fingerprint density at radius 3 is 2.31 bits per heavy atom. The lowest BCUT2D eigenvalue weighted by Gasteiger charge is -2.09. The van der Waals surface area contributed by atoms with Crippen LogP contribution in [0.2, 0.25) is 0 Å². The zero-order chi connectivity index (χ0) is 20.1. The molecule has 0 saturated heterocycles. The molecular weight excluding hydrogens is 443 g/mol. The third-order valence-corrected chi connectivity index (χ3v) is 5.63. The number of hydrogen-bond acceptors (Lipinski definition) is 2. The molecule has 0 spiro atoms. The predicted molar refractivity (Wildman–Crippen MR) is 109 cm³/mol. The molecule has 1 saturated carbocycles. The van der Waals surface area contributed by atoms with Crippen LogP contribution in [0.15, 0.2) is 59.1 Å². The van der Waals surface area contributed by atoms with Gasteiger partial charge in [-0.1, -0.05) is 28.1 Å². The molecule has 0 aliphatic heterocycles. The van der Waals surface area contributed by atoms with Gasteiger partial charge in [-0.25, -0.2) is 22.8 Å².